The number of carbonyl (C=O) groups is 1. The van der Waals surface area contributed by atoms with Gasteiger partial charge in [0.1, 0.15) is 5.75 Å². The first-order chi connectivity index (χ1) is 11.7. The molecular formula is C21H22O3. The van der Waals surface area contributed by atoms with Crippen molar-refractivity contribution in [2.24, 2.45) is 0 Å². The molecule has 0 saturated heterocycles. The van der Waals surface area contributed by atoms with Gasteiger partial charge in [0, 0.05) is 5.56 Å². The zero-order valence-corrected chi connectivity index (χ0v) is 14.3. The minimum atomic E-state index is -0.378. The van der Waals surface area contributed by atoms with Gasteiger partial charge in [-0.25, -0.2) is 0 Å². The summed E-state index contributed by atoms with van der Waals surface area (Å²) in [5.41, 5.74) is 0.901. The van der Waals surface area contributed by atoms with Crippen LogP contribution in [0.5, 0.6) is 5.75 Å². The van der Waals surface area contributed by atoms with Crippen LogP contribution in [0.4, 0.5) is 0 Å². The maximum Gasteiger partial charge on any atom is 0.313 e. The van der Waals surface area contributed by atoms with Gasteiger partial charge in [0.05, 0.1) is 19.1 Å². The number of hydrogen-bond donors (Lipinski definition) is 0. The first-order valence-corrected chi connectivity index (χ1v) is 8.40. The lowest BCUT2D eigenvalue weighted by atomic mass is 9.92. The Labute approximate surface area is 142 Å². The Bertz CT molecular complexity index is 883. The molecule has 3 nitrogen and oxygen atoms in total. The predicted octanol–water partition coefficient (Wildman–Crippen LogP) is 5.06. The van der Waals surface area contributed by atoms with E-state index in [1.54, 1.807) is 0 Å². The predicted molar refractivity (Wildman–Crippen MR) is 97.7 cm³/mol. The fourth-order valence-corrected chi connectivity index (χ4v) is 3.13. The van der Waals surface area contributed by atoms with Gasteiger partial charge < -0.3 is 9.47 Å². The summed E-state index contributed by atoms with van der Waals surface area (Å²) in [5, 5.41) is 4.48. The van der Waals surface area contributed by atoms with Crippen LogP contribution in [-0.2, 0) is 9.53 Å². The molecule has 3 aromatic rings. The van der Waals surface area contributed by atoms with E-state index in [4.69, 9.17) is 9.47 Å². The molecule has 0 heterocycles. The molecule has 1 atom stereocenters. The highest BCUT2D eigenvalue weighted by Gasteiger charge is 2.23. The zero-order chi connectivity index (χ0) is 17.1. The van der Waals surface area contributed by atoms with E-state index < -0.39 is 0 Å². The van der Waals surface area contributed by atoms with Gasteiger partial charge in [-0.1, -0.05) is 30.3 Å². The lowest BCUT2D eigenvalue weighted by molar-refractivity contribution is -0.144. The van der Waals surface area contributed by atoms with Crippen molar-refractivity contribution in [3.05, 3.63) is 54.1 Å². The molecular weight excluding hydrogens is 300 g/mol. The molecule has 0 saturated carbocycles. The van der Waals surface area contributed by atoms with E-state index >= 15 is 0 Å². The smallest absolute Gasteiger partial charge is 0.313 e. The minimum absolute atomic E-state index is 0.223. The second-order valence-electron chi connectivity index (χ2n) is 5.80. The van der Waals surface area contributed by atoms with Gasteiger partial charge in [-0.05, 0) is 60.5 Å². The lowest BCUT2D eigenvalue weighted by Gasteiger charge is -2.18. The maximum atomic E-state index is 12.3. The van der Waals surface area contributed by atoms with Gasteiger partial charge in [0.25, 0.3) is 0 Å². The number of ether oxygens (including phenoxy) is 2. The molecule has 0 aliphatic rings. The van der Waals surface area contributed by atoms with Crippen molar-refractivity contribution in [3.63, 3.8) is 0 Å². The van der Waals surface area contributed by atoms with Crippen molar-refractivity contribution < 1.29 is 14.3 Å². The SMILES string of the molecule is CCOC(=O)C(C)c1c(OCC)ccc2cc3ccccc3cc12. The number of esters is 1. The summed E-state index contributed by atoms with van der Waals surface area (Å²) in [5.74, 6) is 0.149. The third kappa shape index (κ3) is 2.94. The van der Waals surface area contributed by atoms with E-state index in [9.17, 15) is 4.79 Å². The average molecular weight is 322 g/mol. The van der Waals surface area contributed by atoms with Crippen molar-refractivity contribution in [2.75, 3.05) is 13.2 Å². The lowest BCUT2D eigenvalue weighted by Crippen LogP contribution is -2.14. The van der Waals surface area contributed by atoms with Gasteiger partial charge in [-0.2, -0.15) is 0 Å². The van der Waals surface area contributed by atoms with Crippen LogP contribution >= 0.6 is 0 Å². The largest absolute Gasteiger partial charge is 0.494 e. The van der Waals surface area contributed by atoms with Crippen LogP contribution in [0.25, 0.3) is 21.5 Å². The molecule has 1 unspecified atom stereocenters. The number of rotatable bonds is 5. The molecule has 0 aliphatic heterocycles. The number of hydrogen-bond acceptors (Lipinski definition) is 3. The molecule has 0 aromatic heterocycles. The summed E-state index contributed by atoms with van der Waals surface area (Å²) in [7, 11) is 0. The molecule has 0 N–H and O–H groups in total. The standard InChI is InChI=1S/C21H22O3/c1-4-23-19-11-10-17-12-15-8-6-7-9-16(15)13-18(17)20(19)14(3)21(22)24-5-2/h6-14H,4-5H2,1-3H3. The molecule has 24 heavy (non-hydrogen) atoms. The first-order valence-electron chi connectivity index (χ1n) is 8.40. The van der Waals surface area contributed by atoms with Crippen LogP contribution < -0.4 is 4.74 Å². The second-order valence-corrected chi connectivity index (χ2v) is 5.80. The third-order valence-electron chi connectivity index (χ3n) is 4.26. The summed E-state index contributed by atoms with van der Waals surface area (Å²) in [6.45, 7) is 6.58. The Morgan fingerprint density at radius 2 is 1.67 bits per heavy atom. The second kappa shape index (κ2) is 6.91. The Morgan fingerprint density at radius 3 is 2.33 bits per heavy atom. The Morgan fingerprint density at radius 1 is 0.958 bits per heavy atom. The maximum absolute atomic E-state index is 12.3. The van der Waals surface area contributed by atoms with Crippen LogP contribution in [0.15, 0.2) is 48.5 Å². The van der Waals surface area contributed by atoms with Crippen molar-refractivity contribution >= 4 is 27.5 Å². The minimum Gasteiger partial charge on any atom is -0.494 e. The zero-order valence-electron chi connectivity index (χ0n) is 14.3. The van der Waals surface area contributed by atoms with E-state index in [0.717, 1.165) is 27.5 Å². The topological polar surface area (TPSA) is 35.5 Å². The molecule has 3 aromatic carbocycles. The summed E-state index contributed by atoms with van der Waals surface area (Å²) >= 11 is 0. The Hall–Kier alpha value is -2.55. The average Bonchev–Trinajstić information content (AvgIpc) is 2.60. The van der Waals surface area contributed by atoms with Crippen LogP contribution in [-0.4, -0.2) is 19.2 Å². The van der Waals surface area contributed by atoms with Crippen LogP contribution in [0.3, 0.4) is 0 Å². The summed E-state index contributed by atoms with van der Waals surface area (Å²) in [4.78, 5) is 12.3. The van der Waals surface area contributed by atoms with E-state index in [2.05, 4.69) is 24.3 Å². The van der Waals surface area contributed by atoms with E-state index in [1.807, 2.05) is 45.0 Å². The van der Waals surface area contributed by atoms with Crippen molar-refractivity contribution in [1.82, 2.24) is 0 Å². The van der Waals surface area contributed by atoms with Gasteiger partial charge >= 0.3 is 5.97 Å². The first kappa shape index (κ1) is 16.3. The third-order valence-corrected chi connectivity index (χ3v) is 4.26. The monoisotopic (exact) mass is 322 g/mol. The van der Waals surface area contributed by atoms with Crippen molar-refractivity contribution in [1.29, 1.82) is 0 Å². The molecule has 0 bridgehead atoms. The summed E-state index contributed by atoms with van der Waals surface area (Å²) in [6, 6.07) is 16.5. The number of fused-ring (bicyclic) bond motifs is 2. The Balaban J connectivity index is 2.26. The van der Waals surface area contributed by atoms with E-state index in [0.29, 0.717) is 13.2 Å². The van der Waals surface area contributed by atoms with Crippen LogP contribution in [0.1, 0.15) is 32.3 Å². The van der Waals surface area contributed by atoms with Crippen LogP contribution in [0.2, 0.25) is 0 Å². The van der Waals surface area contributed by atoms with Crippen molar-refractivity contribution in [3.8, 4) is 5.75 Å². The number of benzene rings is 3. The highest BCUT2D eigenvalue weighted by atomic mass is 16.5. The molecule has 0 amide bonds. The van der Waals surface area contributed by atoms with Crippen LogP contribution in [0, 0.1) is 0 Å². The molecule has 124 valence electrons. The van der Waals surface area contributed by atoms with Gasteiger partial charge in [-0.15, -0.1) is 0 Å². The number of carbonyl (C=O) groups excluding carboxylic acids is 1. The molecule has 0 aliphatic carbocycles. The quantitative estimate of drug-likeness (QED) is 0.486. The highest BCUT2D eigenvalue weighted by molar-refractivity contribution is 6.02. The molecule has 0 radical (unpaired) electrons. The fraction of sp³-hybridized carbons (Fsp3) is 0.286. The molecule has 3 heteroatoms. The summed E-state index contributed by atoms with van der Waals surface area (Å²) in [6.07, 6.45) is 0. The van der Waals surface area contributed by atoms with Gasteiger partial charge in [0.15, 0.2) is 0 Å². The molecule has 0 fully saturated rings. The Kier molecular flexibility index (Phi) is 4.70. The van der Waals surface area contributed by atoms with E-state index in [1.165, 1.54) is 5.39 Å². The van der Waals surface area contributed by atoms with E-state index in [-0.39, 0.29) is 11.9 Å². The van der Waals surface area contributed by atoms with Crippen molar-refractivity contribution in [2.45, 2.75) is 26.7 Å². The highest BCUT2D eigenvalue weighted by Crippen LogP contribution is 2.36. The molecule has 3 rings (SSSR count). The summed E-state index contributed by atoms with van der Waals surface area (Å²) < 4.78 is 11.0. The fourth-order valence-electron chi connectivity index (χ4n) is 3.13. The van der Waals surface area contributed by atoms with Gasteiger partial charge in [0.2, 0.25) is 0 Å². The molecule has 0 spiro atoms. The normalized spacial score (nSPS) is 12.3. The van der Waals surface area contributed by atoms with Gasteiger partial charge in [-0.3, -0.25) is 4.79 Å².